The third kappa shape index (κ3) is 2.33. The number of fused-ring (bicyclic) bond motifs is 1. The number of rotatable bonds is 3. The Bertz CT molecular complexity index is 625. The van der Waals surface area contributed by atoms with Gasteiger partial charge in [0.05, 0.1) is 12.3 Å². The van der Waals surface area contributed by atoms with Gasteiger partial charge in [0.1, 0.15) is 5.75 Å². The highest BCUT2D eigenvalue weighted by Gasteiger charge is 2.18. The van der Waals surface area contributed by atoms with E-state index in [1.807, 2.05) is 20.0 Å². The summed E-state index contributed by atoms with van der Waals surface area (Å²) in [6.07, 6.45) is 4.03. The Kier molecular flexibility index (Phi) is 3.54. The summed E-state index contributed by atoms with van der Waals surface area (Å²) < 4.78 is 5.88. The van der Waals surface area contributed by atoms with Crippen molar-refractivity contribution in [2.24, 2.45) is 0 Å². The molecule has 1 aromatic carbocycles. The first-order chi connectivity index (χ1) is 9.79. The minimum atomic E-state index is 0.668. The molecule has 0 radical (unpaired) electrons. The standard InChI is InChI=1S/C16H19N3O/c1-3-17-16-18-10-11(2)14(19-16)13-8-4-6-12-7-5-9-20-15(12)13/h4,6,8,10H,3,5,7,9H2,1-2H3,(H,17,18,19). The zero-order valence-corrected chi connectivity index (χ0v) is 11.9. The summed E-state index contributed by atoms with van der Waals surface area (Å²) in [7, 11) is 0. The van der Waals surface area contributed by atoms with Crippen molar-refractivity contribution in [2.45, 2.75) is 26.7 Å². The predicted molar refractivity (Wildman–Crippen MR) is 80.2 cm³/mol. The number of benzene rings is 1. The van der Waals surface area contributed by atoms with Gasteiger partial charge in [-0.2, -0.15) is 0 Å². The molecule has 0 atom stereocenters. The van der Waals surface area contributed by atoms with Crippen LogP contribution in [0.15, 0.2) is 24.4 Å². The van der Waals surface area contributed by atoms with Gasteiger partial charge in [0.15, 0.2) is 0 Å². The van der Waals surface area contributed by atoms with E-state index in [0.29, 0.717) is 5.95 Å². The molecule has 20 heavy (non-hydrogen) atoms. The van der Waals surface area contributed by atoms with Crippen LogP contribution in [0.1, 0.15) is 24.5 Å². The molecule has 0 spiro atoms. The van der Waals surface area contributed by atoms with Crippen molar-refractivity contribution in [1.82, 2.24) is 9.97 Å². The first-order valence-electron chi connectivity index (χ1n) is 7.12. The summed E-state index contributed by atoms with van der Waals surface area (Å²) in [4.78, 5) is 8.94. The molecule has 0 amide bonds. The van der Waals surface area contributed by atoms with Gasteiger partial charge in [-0.25, -0.2) is 9.97 Å². The maximum atomic E-state index is 5.88. The Labute approximate surface area is 119 Å². The van der Waals surface area contributed by atoms with Crippen molar-refractivity contribution in [3.05, 3.63) is 35.5 Å². The fourth-order valence-corrected chi connectivity index (χ4v) is 2.53. The number of hydrogen-bond donors (Lipinski definition) is 1. The van der Waals surface area contributed by atoms with E-state index in [4.69, 9.17) is 4.74 Å². The van der Waals surface area contributed by atoms with Gasteiger partial charge in [-0.1, -0.05) is 12.1 Å². The number of para-hydroxylation sites is 1. The molecule has 0 unspecified atom stereocenters. The second-order valence-corrected chi connectivity index (χ2v) is 5.00. The third-order valence-corrected chi connectivity index (χ3v) is 3.50. The molecule has 4 nitrogen and oxygen atoms in total. The Morgan fingerprint density at radius 2 is 2.25 bits per heavy atom. The molecule has 0 bridgehead atoms. The second kappa shape index (κ2) is 5.49. The molecular weight excluding hydrogens is 250 g/mol. The van der Waals surface area contributed by atoms with E-state index in [0.717, 1.165) is 48.6 Å². The SMILES string of the molecule is CCNc1ncc(C)c(-c2cccc3c2OCCC3)n1. The maximum absolute atomic E-state index is 5.88. The van der Waals surface area contributed by atoms with Gasteiger partial charge in [0.25, 0.3) is 0 Å². The molecule has 0 fully saturated rings. The lowest BCUT2D eigenvalue weighted by molar-refractivity contribution is 0.289. The highest BCUT2D eigenvalue weighted by atomic mass is 16.5. The Morgan fingerprint density at radius 3 is 3.10 bits per heavy atom. The summed E-state index contributed by atoms with van der Waals surface area (Å²) in [5.41, 5.74) is 4.36. The van der Waals surface area contributed by atoms with Crippen LogP contribution in [0.5, 0.6) is 5.75 Å². The molecular formula is C16H19N3O. The molecule has 0 saturated carbocycles. The van der Waals surface area contributed by atoms with Gasteiger partial charge >= 0.3 is 0 Å². The molecule has 1 aromatic heterocycles. The number of aromatic nitrogens is 2. The highest BCUT2D eigenvalue weighted by Crippen LogP contribution is 2.36. The van der Waals surface area contributed by atoms with Crippen LogP contribution < -0.4 is 10.1 Å². The average molecular weight is 269 g/mol. The maximum Gasteiger partial charge on any atom is 0.223 e. The number of anilines is 1. The molecule has 0 saturated heterocycles. The number of nitrogens with one attached hydrogen (secondary N) is 1. The van der Waals surface area contributed by atoms with Crippen LogP contribution in [0.2, 0.25) is 0 Å². The summed E-state index contributed by atoms with van der Waals surface area (Å²) in [5.74, 6) is 1.66. The van der Waals surface area contributed by atoms with Crippen LogP contribution in [-0.4, -0.2) is 23.1 Å². The molecule has 1 N–H and O–H groups in total. The molecule has 0 aliphatic carbocycles. The predicted octanol–water partition coefficient (Wildman–Crippen LogP) is 3.21. The fraction of sp³-hybridized carbons (Fsp3) is 0.375. The first-order valence-corrected chi connectivity index (χ1v) is 7.12. The van der Waals surface area contributed by atoms with E-state index in [9.17, 15) is 0 Å². The van der Waals surface area contributed by atoms with Crippen LogP contribution in [0.4, 0.5) is 5.95 Å². The first kappa shape index (κ1) is 12.9. The molecule has 2 aromatic rings. The lowest BCUT2D eigenvalue weighted by atomic mass is 9.99. The molecule has 1 aliphatic heterocycles. The van der Waals surface area contributed by atoms with E-state index < -0.39 is 0 Å². The largest absolute Gasteiger partial charge is 0.493 e. The molecule has 2 heterocycles. The van der Waals surface area contributed by atoms with Crippen molar-refractivity contribution in [2.75, 3.05) is 18.5 Å². The van der Waals surface area contributed by atoms with E-state index in [2.05, 4.69) is 33.5 Å². The average Bonchev–Trinajstić information content (AvgIpc) is 2.49. The monoisotopic (exact) mass is 269 g/mol. The fourth-order valence-electron chi connectivity index (χ4n) is 2.53. The van der Waals surface area contributed by atoms with E-state index in [-0.39, 0.29) is 0 Å². The second-order valence-electron chi connectivity index (χ2n) is 5.00. The number of aryl methyl sites for hydroxylation is 2. The van der Waals surface area contributed by atoms with Gasteiger partial charge < -0.3 is 10.1 Å². The smallest absolute Gasteiger partial charge is 0.223 e. The van der Waals surface area contributed by atoms with Gasteiger partial charge in [-0.15, -0.1) is 0 Å². The zero-order valence-electron chi connectivity index (χ0n) is 11.9. The summed E-state index contributed by atoms with van der Waals surface area (Å²) in [6.45, 7) is 5.67. The lowest BCUT2D eigenvalue weighted by Gasteiger charge is -2.20. The molecule has 3 rings (SSSR count). The van der Waals surface area contributed by atoms with Gasteiger partial charge in [-0.05, 0) is 43.9 Å². The van der Waals surface area contributed by atoms with Crippen molar-refractivity contribution >= 4 is 5.95 Å². The van der Waals surface area contributed by atoms with Crippen molar-refractivity contribution in [3.63, 3.8) is 0 Å². The Hall–Kier alpha value is -2.10. The van der Waals surface area contributed by atoms with Crippen LogP contribution >= 0.6 is 0 Å². The van der Waals surface area contributed by atoms with Gasteiger partial charge in [-0.3, -0.25) is 0 Å². The highest BCUT2D eigenvalue weighted by molar-refractivity contribution is 5.72. The number of ether oxygens (including phenoxy) is 1. The lowest BCUT2D eigenvalue weighted by Crippen LogP contribution is -2.10. The Balaban J connectivity index is 2.11. The van der Waals surface area contributed by atoms with E-state index >= 15 is 0 Å². The molecule has 4 heteroatoms. The van der Waals surface area contributed by atoms with Crippen molar-refractivity contribution < 1.29 is 4.74 Å². The Morgan fingerprint density at radius 1 is 1.35 bits per heavy atom. The zero-order chi connectivity index (χ0) is 13.9. The quantitative estimate of drug-likeness (QED) is 0.929. The van der Waals surface area contributed by atoms with Gasteiger partial charge in [0, 0.05) is 18.3 Å². The van der Waals surface area contributed by atoms with Crippen LogP contribution in [0.25, 0.3) is 11.3 Å². The minimum Gasteiger partial charge on any atom is -0.493 e. The normalized spacial score (nSPS) is 13.5. The van der Waals surface area contributed by atoms with Crippen molar-refractivity contribution in [3.8, 4) is 17.0 Å². The topological polar surface area (TPSA) is 47.0 Å². The van der Waals surface area contributed by atoms with Crippen LogP contribution in [0.3, 0.4) is 0 Å². The van der Waals surface area contributed by atoms with E-state index in [1.54, 1.807) is 0 Å². The van der Waals surface area contributed by atoms with Gasteiger partial charge in [0.2, 0.25) is 5.95 Å². The summed E-state index contributed by atoms with van der Waals surface area (Å²) in [5, 5.41) is 3.16. The molecule has 104 valence electrons. The minimum absolute atomic E-state index is 0.668. The van der Waals surface area contributed by atoms with Crippen LogP contribution in [0, 0.1) is 6.92 Å². The molecule has 1 aliphatic rings. The summed E-state index contributed by atoms with van der Waals surface area (Å²) in [6, 6.07) is 6.30. The number of hydrogen-bond acceptors (Lipinski definition) is 4. The third-order valence-electron chi connectivity index (χ3n) is 3.50. The van der Waals surface area contributed by atoms with Crippen molar-refractivity contribution in [1.29, 1.82) is 0 Å². The number of nitrogens with zero attached hydrogens (tertiary/aromatic N) is 2. The van der Waals surface area contributed by atoms with E-state index in [1.165, 1.54) is 5.56 Å². The van der Waals surface area contributed by atoms with Crippen LogP contribution in [-0.2, 0) is 6.42 Å². The summed E-state index contributed by atoms with van der Waals surface area (Å²) >= 11 is 0.